The van der Waals surface area contributed by atoms with Crippen molar-refractivity contribution in [3.8, 4) is 0 Å². The maximum atomic E-state index is 11.7. The minimum atomic E-state index is -0.432. The van der Waals surface area contributed by atoms with Crippen LogP contribution >= 0.6 is 46.1 Å². The predicted octanol–water partition coefficient (Wildman–Crippen LogP) is 3.75. The third-order valence-electron chi connectivity index (χ3n) is 1.79. The monoisotopic (exact) mass is 307 g/mol. The van der Waals surface area contributed by atoms with Gasteiger partial charge in [0, 0.05) is 0 Å². The van der Waals surface area contributed by atoms with Gasteiger partial charge in [-0.05, 0) is 23.7 Å². The highest BCUT2D eigenvalue weighted by Crippen LogP contribution is 2.30. The lowest BCUT2D eigenvalue weighted by atomic mass is 10.3. The Labute approximate surface area is 116 Å². The van der Waals surface area contributed by atoms with Crippen molar-refractivity contribution in [3.05, 3.63) is 37.7 Å². The molecule has 88 valence electrons. The minimum Gasteiger partial charge on any atom is -0.318 e. The molecule has 8 heteroatoms. The van der Waals surface area contributed by atoms with Gasteiger partial charge in [-0.3, -0.25) is 4.79 Å². The fraction of sp³-hybridized carbons (Fsp3) is 0. The van der Waals surface area contributed by atoms with Crippen molar-refractivity contribution in [1.82, 2.24) is 10.2 Å². The Morgan fingerprint density at radius 1 is 1.24 bits per heavy atom. The first-order valence-electron chi connectivity index (χ1n) is 4.32. The van der Waals surface area contributed by atoms with Gasteiger partial charge in [0.15, 0.2) is 0 Å². The molecule has 0 unspecified atom stereocenters. The van der Waals surface area contributed by atoms with Gasteiger partial charge in [-0.25, -0.2) is 0 Å². The number of rotatable bonds is 2. The molecule has 0 radical (unpaired) electrons. The Morgan fingerprint density at radius 2 is 2.00 bits per heavy atom. The molecule has 0 aliphatic heterocycles. The van der Waals surface area contributed by atoms with Gasteiger partial charge >= 0.3 is 0 Å². The summed E-state index contributed by atoms with van der Waals surface area (Å²) in [4.78, 5) is 11.7. The lowest BCUT2D eigenvalue weighted by molar-refractivity contribution is 0.102. The molecule has 1 amide bonds. The molecular weight excluding hydrogens is 305 g/mol. The molecule has 1 heterocycles. The largest absolute Gasteiger partial charge is 0.318 e. The summed E-state index contributed by atoms with van der Waals surface area (Å²) in [7, 11) is 0. The average Bonchev–Trinajstić information content (AvgIpc) is 2.72. The Kier molecular flexibility index (Phi) is 3.83. The van der Waals surface area contributed by atoms with E-state index in [-0.39, 0.29) is 14.5 Å². The summed E-state index contributed by atoms with van der Waals surface area (Å²) in [6.45, 7) is 0. The van der Waals surface area contributed by atoms with Crippen molar-refractivity contribution in [2.45, 2.75) is 0 Å². The normalized spacial score (nSPS) is 10.3. The molecule has 4 nitrogen and oxygen atoms in total. The summed E-state index contributed by atoms with van der Waals surface area (Å²) in [5, 5.41) is 10.5. The number of hydrogen-bond acceptors (Lipinski definition) is 4. The van der Waals surface area contributed by atoms with Gasteiger partial charge in [-0.1, -0.05) is 40.6 Å². The van der Waals surface area contributed by atoms with Crippen molar-refractivity contribution >= 4 is 57.7 Å². The molecule has 0 atom stereocenters. The zero-order chi connectivity index (χ0) is 12.4. The number of nitrogens with zero attached hydrogens (tertiary/aromatic N) is 2. The predicted molar refractivity (Wildman–Crippen MR) is 69.3 cm³/mol. The highest BCUT2D eigenvalue weighted by atomic mass is 35.5. The third kappa shape index (κ3) is 2.87. The zero-order valence-corrected chi connectivity index (χ0v) is 11.2. The van der Waals surface area contributed by atoms with E-state index in [0.717, 1.165) is 11.3 Å². The molecule has 0 aliphatic rings. The topological polar surface area (TPSA) is 54.9 Å². The van der Waals surface area contributed by atoms with Gasteiger partial charge in [-0.15, -0.1) is 10.2 Å². The first-order valence-corrected chi connectivity index (χ1v) is 6.27. The molecule has 1 aromatic heterocycles. The van der Waals surface area contributed by atoms with E-state index >= 15 is 0 Å². The summed E-state index contributed by atoms with van der Waals surface area (Å²) in [5.41, 5.74) is 0.412. The summed E-state index contributed by atoms with van der Waals surface area (Å²) in [6.07, 6.45) is 0. The second-order valence-electron chi connectivity index (χ2n) is 2.92. The first kappa shape index (κ1) is 12.6. The highest BCUT2D eigenvalue weighted by molar-refractivity contribution is 7.17. The van der Waals surface area contributed by atoms with E-state index in [1.54, 1.807) is 18.2 Å². The van der Waals surface area contributed by atoms with Crippen LogP contribution in [0.15, 0.2) is 18.2 Å². The molecule has 17 heavy (non-hydrogen) atoms. The number of carbonyl (C=O) groups excluding carboxylic acids is 1. The molecule has 0 aliphatic carbocycles. The quantitative estimate of drug-likeness (QED) is 0.919. The minimum absolute atomic E-state index is 0.158. The van der Waals surface area contributed by atoms with Crippen LogP contribution in [0.1, 0.15) is 9.80 Å². The lowest BCUT2D eigenvalue weighted by Gasteiger charge is -2.05. The van der Waals surface area contributed by atoms with Gasteiger partial charge in [0.05, 0.1) is 15.7 Å². The second-order valence-corrected chi connectivity index (χ2v) is 5.26. The Morgan fingerprint density at radius 3 is 2.65 bits per heavy atom. The van der Waals surface area contributed by atoms with Crippen LogP contribution < -0.4 is 5.32 Å². The van der Waals surface area contributed by atoms with Crippen LogP contribution in [0.4, 0.5) is 5.69 Å². The maximum absolute atomic E-state index is 11.7. The highest BCUT2D eigenvalue weighted by Gasteiger charge is 2.14. The van der Waals surface area contributed by atoms with E-state index in [1.807, 2.05) is 0 Å². The van der Waals surface area contributed by atoms with Crippen LogP contribution in [0, 0.1) is 0 Å². The van der Waals surface area contributed by atoms with Crippen LogP contribution in [-0.4, -0.2) is 16.1 Å². The average molecular weight is 309 g/mol. The van der Waals surface area contributed by atoms with Crippen molar-refractivity contribution in [2.75, 3.05) is 5.32 Å². The van der Waals surface area contributed by atoms with Gasteiger partial charge in [0.2, 0.25) is 9.47 Å². The second kappa shape index (κ2) is 5.18. The third-order valence-corrected chi connectivity index (χ3v) is 3.63. The zero-order valence-electron chi connectivity index (χ0n) is 8.08. The van der Waals surface area contributed by atoms with Crippen molar-refractivity contribution in [1.29, 1.82) is 0 Å². The molecule has 1 aromatic carbocycles. The Hall–Kier alpha value is -0.880. The van der Waals surface area contributed by atoms with Crippen molar-refractivity contribution in [3.63, 3.8) is 0 Å². The summed E-state index contributed by atoms with van der Waals surface area (Å²) in [5.74, 6) is -0.432. The van der Waals surface area contributed by atoms with Crippen LogP contribution in [0.25, 0.3) is 0 Å². The van der Waals surface area contributed by atoms with E-state index in [0.29, 0.717) is 10.7 Å². The maximum Gasteiger partial charge on any atom is 0.286 e. The number of nitrogens with one attached hydrogen (secondary N) is 1. The summed E-state index contributed by atoms with van der Waals surface area (Å²) < 4.78 is 0.201. The van der Waals surface area contributed by atoms with Crippen LogP contribution in [0.3, 0.4) is 0 Å². The van der Waals surface area contributed by atoms with Crippen LogP contribution in [0.5, 0.6) is 0 Å². The molecule has 0 fully saturated rings. The molecule has 2 aromatic rings. The van der Waals surface area contributed by atoms with Crippen molar-refractivity contribution < 1.29 is 4.79 Å². The number of halogens is 3. The van der Waals surface area contributed by atoms with E-state index < -0.39 is 5.91 Å². The van der Waals surface area contributed by atoms with Crippen molar-refractivity contribution in [2.24, 2.45) is 0 Å². The molecular formula is C9H4Cl3N3OS. The fourth-order valence-electron chi connectivity index (χ4n) is 1.07. The number of amides is 1. The SMILES string of the molecule is O=C(Nc1cccc(Cl)c1Cl)c1nnc(Cl)s1. The lowest BCUT2D eigenvalue weighted by Crippen LogP contribution is -2.11. The molecule has 0 saturated carbocycles. The van der Waals surface area contributed by atoms with Crippen LogP contribution in [-0.2, 0) is 0 Å². The molecule has 1 N–H and O–H groups in total. The first-order chi connectivity index (χ1) is 8.08. The Balaban J connectivity index is 2.21. The smallest absolute Gasteiger partial charge is 0.286 e. The number of anilines is 1. The number of hydrogen-bond donors (Lipinski definition) is 1. The van der Waals surface area contributed by atoms with Gasteiger partial charge in [-0.2, -0.15) is 0 Å². The molecule has 0 bridgehead atoms. The number of carbonyl (C=O) groups is 1. The van der Waals surface area contributed by atoms with Crippen LogP contribution in [0.2, 0.25) is 14.5 Å². The summed E-state index contributed by atoms with van der Waals surface area (Å²) in [6, 6.07) is 4.94. The number of benzene rings is 1. The van der Waals surface area contributed by atoms with E-state index in [9.17, 15) is 4.79 Å². The summed E-state index contributed by atoms with van der Waals surface area (Å²) >= 11 is 18.3. The van der Waals surface area contributed by atoms with Gasteiger partial charge in [0.25, 0.3) is 5.91 Å². The molecule has 2 rings (SSSR count). The number of aromatic nitrogens is 2. The standard InChI is InChI=1S/C9H4Cl3N3OS/c10-4-2-1-3-5(6(4)11)13-7(16)8-14-15-9(12)17-8/h1-3H,(H,13,16). The van der Waals surface area contributed by atoms with E-state index in [4.69, 9.17) is 34.8 Å². The van der Waals surface area contributed by atoms with Gasteiger partial charge in [0.1, 0.15) is 0 Å². The molecule has 0 spiro atoms. The Bertz CT molecular complexity index is 572. The molecule has 0 saturated heterocycles. The van der Waals surface area contributed by atoms with Gasteiger partial charge < -0.3 is 5.32 Å². The fourth-order valence-corrected chi connectivity index (χ4v) is 2.14. The van der Waals surface area contributed by atoms with E-state index in [2.05, 4.69) is 15.5 Å². The van der Waals surface area contributed by atoms with E-state index in [1.165, 1.54) is 0 Å².